The number of carbonyl (C=O) groups is 2. The number of thioether (sulfide) groups is 1. The van der Waals surface area contributed by atoms with Gasteiger partial charge < -0.3 is 5.11 Å². The van der Waals surface area contributed by atoms with Crippen molar-refractivity contribution in [2.45, 2.75) is 6.54 Å². The molecule has 1 saturated heterocycles. The SMILES string of the molecule is O=C(O)c1ccc(-c2ccnc(C=C3SC(=S)N(Cc4ccc(F)cc4)C3=O)c2)cc1. The lowest BCUT2D eigenvalue weighted by atomic mass is 10.0. The van der Waals surface area contributed by atoms with Crippen molar-refractivity contribution in [2.75, 3.05) is 0 Å². The average molecular weight is 451 g/mol. The van der Waals surface area contributed by atoms with Crippen LogP contribution in [-0.4, -0.2) is 31.2 Å². The second-order valence-corrected chi connectivity index (χ2v) is 8.42. The minimum atomic E-state index is -0.982. The smallest absolute Gasteiger partial charge is 0.335 e. The maximum absolute atomic E-state index is 13.1. The van der Waals surface area contributed by atoms with Gasteiger partial charge in [-0.2, -0.15) is 0 Å². The van der Waals surface area contributed by atoms with Crippen LogP contribution >= 0.6 is 24.0 Å². The van der Waals surface area contributed by atoms with Crippen LogP contribution in [0.3, 0.4) is 0 Å². The number of carboxylic acid groups (broad SMARTS) is 1. The Morgan fingerprint density at radius 1 is 1.10 bits per heavy atom. The topological polar surface area (TPSA) is 70.5 Å². The number of pyridine rings is 1. The molecule has 1 aliphatic heterocycles. The van der Waals surface area contributed by atoms with Gasteiger partial charge in [0.05, 0.1) is 22.7 Å². The van der Waals surface area contributed by atoms with E-state index in [0.717, 1.165) is 16.7 Å². The van der Waals surface area contributed by atoms with E-state index in [0.29, 0.717) is 14.9 Å². The Labute approximate surface area is 187 Å². The molecule has 2 aromatic carbocycles. The van der Waals surface area contributed by atoms with Gasteiger partial charge in [-0.3, -0.25) is 14.7 Å². The van der Waals surface area contributed by atoms with Crippen molar-refractivity contribution in [1.29, 1.82) is 0 Å². The van der Waals surface area contributed by atoms with Crippen LogP contribution < -0.4 is 0 Å². The predicted octanol–water partition coefficient (Wildman–Crippen LogP) is 4.99. The Bertz CT molecular complexity index is 1210. The van der Waals surface area contributed by atoms with E-state index in [2.05, 4.69) is 4.98 Å². The van der Waals surface area contributed by atoms with Gasteiger partial charge in [-0.1, -0.05) is 48.2 Å². The number of halogens is 1. The molecule has 0 unspecified atom stereocenters. The molecule has 1 aromatic heterocycles. The second kappa shape index (κ2) is 8.79. The zero-order valence-electron chi connectivity index (χ0n) is 16.0. The van der Waals surface area contributed by atoms with E-state index in [-0.39, 0.29) is 23.8 Å². The molecule has 0 bridgehead atoms. The Hall–Kier alpha value is -3.36. The Morgan fingerprint density at radius 3 is 2.48 bits per heavy atom. The van der Waals surface area contributed by atoms with Gasteiger partial charge in [-0.25, -0.2) is 9.18 Å². The number of rotatable bonds is 5. The first-order chi connectivity index (χ1) is 14.9. The maximum atomic E-state index is 13.1. The van der Waals surface area contributed by atoms with Crippen molar-refractivity contribution in [2.24, 2.45) is 0 Å². The number of hydrogen-bond donors (Lipinski definition) is 1. The van der Waals surface area contributed by atoms with E-state index >= 15 is 0 Å². The molecule has 2 heterocycles. The summed E-state index contributed by atoms with van der Waals surface area (Å²) in [6.07, 6.45) is 3.31. The zero-order valence-corrected chi connectivity index (χ0v) is 17.6. The molecule has 1 amide bonds. The minimum Gasteiger partial charge on any atom is -0.478 e. The summed E-state index contributed by atoms with van der Waals surface area (Å²) < 4.78 is 13.5. The van der Waals surface area contributed by atoms with Crippen molar-refractivity contribution < 1.29 is 19.1 Å². The molecule has 0 radical (unpaired) electrons. The Kier molecular flexibility index (Phi) is 5.92. The van der Waals surface area contributed by atoms with E-state index in [4.69, 9.17) is 17.3 Å². The molecule has 0 saturated carbocycles. The average Bonchev–Trinajstić information content (AvgIpc) is 3.03. The van der Waals surface area contributed by atoms with Crippen molar-refractivity contribution in [1.82, 2.24) is 9.88 Å². The summed E-state index contributed by atoms with van der Waals surface area (Å²) in [5.41, 5.74) is 3.26. The molecule has 31 heavy (non-hydrogen) atoms. The van der Waals surface area contributed by atoms with E-state index in [1.807, 2.05) is 12.1 Å². The van der Waals surface area contributed by atoms with Crippen LogP contribution in [-0.2, 0) is 11.3 Å². The minimum absolute atomic E-state index is 0.211. The molecule has 0 aliphatic carbocycles. The Morgan fingerprint density at radius 2 is 1.81 bits per heavy atom. The van der Waals surface area contributed by atoms with Crippen LogP contribution in [0, 0.1) is 5.82 Å². The lowest BCUT2D eigenvalue weighted by Gasteiger charge is -2.14. The summed E-state index contributed by atoms with van der Waals surface area (Å²) in [6.45, 7) is 0.270. The van der Waals surface area contributed by atoms with Crippen LogP contribution in [0.4, 0.5) is 4.39 Å². The third kappa shape index (κ3) is 4.70. The third-order valence-electron chi connectivity index (χ3n) is 4.65. The lowest BCUT2D eigenvalue weighted by Crippen LogP contribution is -2.27. The quantitative estimate of drug-likeness (QED) is 0.436. The summed E-state index contributed by atoms with van der Waals surface area (Å²) in [4.78, 5) is 30.1. The maximum Gasteiger partial charge on any atom is 0.335 e. The molecule has 1 aliphatic rings. The van der Waals surface area contributed by atoms with E-state index in [1.165, 1.54) is 28.8 Å². The summed E-state index contributed by atoms with van der Waals surface area (Å²) >= 11 is 6.55. The van der Waals surface area contributed by atoms with E-state index in [9.17, 15) is 14.0 Å². The zero-order chi connectivity index (χ0) is 22.0. The van der Waals surface area contributed by atoms with Gasteiger partial charge in [0.1, 0.15) is 10.1 Å². The fourth-order valence-corrected chi connectivity index (χ4v) is 4.29. The number of hydrogen-bond acceptors (Lipinski definition) is 5. The van der Waals surface area contributed by atoms with Gasteiger partial charge in [0, 0.05) is 6.20 Å². The highest BCUT2D eigenvalue weighted by Gasteiger charge is 2.32. The number of aromatic nitrogens is 1. The van der Waals surface area contributed by atoms with Crippen molar-refractivity contribution in [3.05, 3.63) is 94.4 Å². The van der Waals surface area contributed by atoms with Gasteiger partial charge in [-0.05, 0) is 59.2 Å². The number of benzene rings is 2. The third-order valence-corrected chi connectivity index (χ3v) is 6.03. The summed E-state index contributed by atoms with van der Waals surface area (Å²) in [7, 11) is 0. The van der Waals surface area contributed by atoms with Crippen LogP contribution in [0.1, 0.15) is 21.6 Å². The molecule has 1 fully saturated rings. The number of nitrogens with zero attached hydrogens (tertiary/aromatic N) is 2. The van der Waals surface area contributed by atoms with Gasteiger partial charge in [0.25, 0.3) is 5.91 Å². The highest BCUT2D eigenvalue weighted by atomic mass is 32.2. The molecule has 0 spiro atoms. The Balaban J connectivity index is 1.55. The van der Waals surface area contributed by atoms with Crippen LogP contribution in [0.15, 0.2) is 71.8 Å². The van der Waals surface area contributed by atoms with Crippen molar-refractivity contribution in [3.63, 3.8) is 0 Å². The summed E-state index contributed by atoms with van der Waals surface area (Å²) in [6, 6.07) is 16.1. The first-order valence-corrected chi connectivity index (χ1v) is 10.4. The predicted molar refractivity (Wildman–Crippen MR) is 122 cm³/mol. The molecular weight excluding hydrogens is 435 g/mol. The standard InChI is InChI=1S/C23H15FN2O3S2/c24-18-7-1-14(2-8-18)13-26-21(27)20(31-23(26)30)12-19-11-17(9-10-25-19)15-3-5-16(6-4-15)22(28)29/h1-12H,13H2,(H,28,29). The molecule has 8 heteroatoms. The lowest BCUT2D eigenvalue weighted by molar-refractivity contribution is -0.122. The molecular formula is C23H15FN2O3S2. The van der Waals surface area contributed by atoms with Crippen LogP contribution in [0.25, 0.3) is 17.2 Å². The number of thiocarbonyl (C=S) groups is 1. The van der Waals surface area contributed by atoms with Crippen LogP contribution in [0.2, 0.25) is 0 Å². The molecule has 5 nitrogen and oxygen atoms in total. The van der Waals surface area contributed by atoms with Gasteiger partial charge >= 0.3 is 5.97 Å². The number of carboxylic acids is 1. The number of aromatic carboxylic acids is 1. The van der Waals surface area contributed by atoms with E-state index in [1.54, 1.807) is 48.7 Å². The normalized spacial score (nSPS) is 15.0. The molecule has 154 valence electrons. The van der Waals surface area contributed by atoms with E-state index < -0.39 is 5.97 Å². The van der Waals surface area contributed by atoms with Gasteiger partial charge in [-0.15, -0.1) is 0 Å². The summed E-state index contributed by atoms with van der Waals surface area (Å²) in [5, 5.41) is 9.04. The fourth-order valence-electron chi connectivity index (χ4n) is 3.06. The molecule has 3 aromatic rings. The number of amides is 1. The second-order valence-electron chi connectivity index (χ2n) is 6.75. The number of carbonyl (C=O) groups excluding carboxylic acids is 1. The first-order valence-electron chi connectivity index (χ1n) is 9.20. The monoisotopic (exact) mass is 450 g/mol. The highest BCUT2D eigenvalue weighted by molar-refractivity contribution is 8.26. The molecule has 1 N–H and O–H groups in total. The largest absolute Gasteiger partial charge is 0.478 e. The van der Waals surface area contributed by atoms with Crippen molar-refractivity contribution in [3.8, 4) is 11.1 Å². The van der Waals surface area contributed by atoms with Crippen molar-refractivity contribution >= 4 is 46.3 Å². The molecule has 0 atom stereocenters. The first kappa shape index (κ1) is 20.9. The molecule has 4 rings (SSSR count). The van der Waals surface area contributed by atoms with Gasteiger partial charge in [0.15, 0.2) is 0 Å². The summed E-state index contributed by atoms with van der Waals surface area (Å²) in [5.74, 6) is -1.54. The fraction of sp³-hybridized carbons (Fsp3) is 0.0435. The highest BCUT2D eigenvalue weighted by Crippen LogP contribution is 2.33. The van der Waals surface area contributed by atoms with Gasteiger partial charge in [0.2, 0.25) is 0 Å². The van der Waals surface area contributed by atoms with Crippen LogP contribution in [0.5, 0.6) is 0 Å².